The van der Waals surface area contributed by atoms with Crippen molar-refractivity contribution in [3.8, 4) is 0 Å². The van der Waals surface area contributed by atoms with E-state index in [9.17, 15) is 9.59 Å². The fourth-order valence-corrected chi connectivity index (χ4v) is 4.36. The summed E-state index contributed by atoms with van der Waals surface area (Å²) in [5.41, 5.74) is 2.92. The Bertz CT molecular complexity index is 991. The van der Waals surface area contributed by atoms with E-state index < -0.39 is 0 Å². The largest absolute Gasteiger partial charge is 0.352 e. The van der Waals surface area contributed by atoms with Gasteiger partial charge in [0, 0.05) is 24.2 Å². The van der Waals surface area contributed by atoms with Gasteiger partial charge in [-0.05, 0) is 41.7 Å². The summed E-state index contributed by atoms with van der Waals surface area (Å²) in [6.45, 7) is 1.30. The zero-order valence-corrected chi connectivity index (χ0v) is 18.7. The number of nitrogens with one attached hydrogen (secondary N) is 1. The SMILES string of the molecule is O=C(NC1CCN(C(=O)Cc2ccc(Cl)cc2)CC1)C(c1ccccc1)c1ccccc1. The van der Waals surface area contributed by atoms with Gasteiger partial charge in [-0.1, -0.05) is 84.4 Å². The van der Waals surface area contributed by atoms with Crippen molar-refractivity contribution < 1.29 is 9.59 Å². The monoisotopic (exact) mass is 446 g/mol. The number of halogens is 1. The molecule has 3 aromatic rings. The molecule has 0 spiro atoms. The number of hydrogen-bond acceptors (Lipinski definition) is 2. The van der Waals surface area contributed by atoms with Gasteiger partial charge in [-0.15, -0.1) is 0 Å². The molecular weight excluding hydrogens is 420 g/mol. The molecule has 0 unspecified atom stereocenters. The first kappa shape index (κ1) is 22.1. The fourth-order valence-electron chi connectivity index (χ4n) is 4.23. The highest BCUT2D eigenvalue weighted by Gasteiger charge is 2.28. The number of benzene rings is 3. The second-order valence-electron chi connectivity index (χ2n) is 8.22. The lowest BCUT2D eigenvalue weighted by Gasteiger charge is -2.33. The molecule has 0 atom stereocenters. The summed E-state index contributed by atoms with van der Waals surface area (Å²) in [7, 11) is 0. The molecule has 1 aliphatic heterocycles. The average molecular weight is 447 g/mol. The maximum atomic E-state index is 13.3. The molecule has 1 fully saturated rings. The molecule has 1 aliphatic rings. The summed E-state index contributed by atoms with van der Waals surface area (Å²) in [6.07, 6.45) is 1.89. The third-order valence-electron chi connectivity index (χ3n) is 5.99. The Morgan fingerprint density at radius 2 is 1.38 bits per heavy atom. The molecule has 32 heavy (non-hydrogen) atoms. The van der Waals surface area contributed by atoms with Gasteiger partial charge in [0.2, 0.25) is 11.8 Å². The second kappa shape index (κ2) is 10.5. The van der Waals surface area contributed by atoms with Crippen molar-refractivity contribution in [3.63, 3.8) is 0 Å². The lowest BCUT2D eigenvalue weighted by molar-refractivity contribution is -0.131. The van der Waals surface area contributed by atoms with Gasteiger partial charge in [-0.3, -0.25) is 9.59 Å². The van der Waals surface area contributed by atoms with Crippen molar-refractivity contribution in [1.82, 2.24) is 10.2 Å². The quantitative estimate of drug-likeness (QED) is 0.590. The first-order valence-electron chi connectivity index (χ1n) is 11.0. The van der Waals surface area contributed by atoms with Crippen LogP contribution in [0.15, 0.2) is 84.9 Å². The summed E-state index contributed by atoms with van der Waals surface area (Å²) < 4.78 is 0. The predicted molar refractivity (Wildman–Crippen MR) is 128 cm³/mol. The summed E-state index contributed by atoms with van der Waals surface area (Å²) in [6, 6.07) is 27.2. The first-order chi connectivity index (χ1) is 15.6. The number of carbonyl (C=O) groups excluding carboxylic acids is 2. The van der Waals surface area contributed by atoms with E-state index in [1.807, 2.05) is 89.8 Å². The molecule has 5 heteroatoms. The number of carbonyl (C=O) groups is 2. The Morgan fingerprint density at radius 1 is 0.844 bits per heavy atom. The summed E-state index contributed by atoms with van der Waals surface area (Å²) in [5.74, 6) is -0.223. The lowest BCUT2D eigenvalue weighted by Crippen LogP contribution is -2.48. The van der Waals surface area contributed by atoms with Gasteiger partial charge in [0.05, 0.1) is 12.3 Å². The predicted octanol–water partition coefficient (Wildman–Crippen LogP) is 4.82. The van der Waals surface area contributed by atoms with Gasteiger partial charge >= 0.3 is 0 Å². The Balaban J connectivity index is 1.35. The molecular formula is C27H27ClN2O2. The Kier molecular flexibility index (Phi) is 7.23. The average Bonchev–Trinajstić information content (AvgIpc) is 2.82. The van der Waals surface area contributed by atoms with Gasteiger partial charge in [0.15, 0.2) is 0 Å². The van der Waals surface area contributed by atoms with Crippen LogP contribution in [0.25, 0.3) is 0 Å². The summed E-state index contributed by atoms with van der Waals surface area (Å²) in [5, 5.41) is 3.91. The van der Waals surface area contributed by atoms with Crippen LogP contribution in [-0.4, -0.2) is 35.8 Å². The van der Waals surface area contributed by atoms with E-state index in [2.05, 4.69) is 5.32 Å². The minimum Gasteiger partial charge on any atom is -0.352 e. The maximum Gasteiger partial charge on any atom is 0.232 e. The van der Waals surface area contributed by atoms with E-state index in [4.69, 9.17) is 11.6 Å². The van der Waals surface area contributed by atoms with E-state index in [-0.39, 0.29) is 23.8 Å². The van der Waals surface area contributed by atoms with E-state index >= 15 is 0 Å². The van der Waals surface area contributed by atoms with Crippen molar-refractivity contribution in [2.75, 3.05) is 13.1 Å². The molecule has 1 saturated heterocycles. The molecule has 0 aromatic heterocycles. The molecule has 0 bridgehead atoms. The fraction of sp³-hybridized carbons (Fsp3) is 0.259. The summed E-state index contributed by atoms with van der Waals surface area (Å²) >= 11 is 5.92. The van der Waals surface area contributed by atoms with Gasteiger partial charge in [-0.2, -0.15) is 0 Å². The molecule has 4 rings (SSSR count). The topological polar surface area (TPSA) is 49.4 Å². The Labute approximate surface area is 194 Å². The van der Waals surface area contributed by atoms with E-state index in [0.29, 0.717) is 24.5 Å². The molecule has 0 radical (unpaired) electrons. The zero-order chi connectivity index (χ0) is 22.3. The third kappa shape index (κ3) is 5.57. The number of nitrogens with zero attached hydrogens (tertiary/aromatic N) is 1. The number of rotatable bonds is 6. The summed E-state index contributed by atoms with van der Waals surface area (Å²) in [4.78, 5) is 27.9. The van der Waals surface area contributed by atoms with Crippen molar-refractivity contribution in [3.05, 3.63) is 107 Å². The Morgan fingerprint density at radius 3 is 1.91 bits per heavy atom. The van der Waals surface area contributed by atoms with Crippen molar-refractivity contribution in [2.24, 2.45) is 0 Å². The minimum absolute atomic E-state index is 0.00772. The smallest absolute Gasteiger partial charge is 0.232 e. The standard InChI is InChI=1S/C27H27ClN2O2/c28-23-13-11-20(12-14-23)19-25(31)30-17-15-24(16-18-30)29-27(32)26(21-7-3-1-4-8-21)22-9-5-2-6-10-22/h1-14,24,26H,15-19H2,(H,29,32). The van der Waals surface area contributed by atoms with Crippen LogP contribution in [0.3, 0.4) is 0 Å². The van der Waals surface area contributed by atoms with Crippen molar-refractivity contribution in [2.45, 2.75) is 31.2 Å². The minimum atomic E-state index is -0.345. The van der Waals surface area contributed by atoms with E-state index in [0.717, 1.165) is 29.5 Å². The van der Waals surface area contributed by atoms with Gasteiger partial charge in [0.1, 0.15) is 0 Å². The molecule has 3 aromatic carbocycles. The van der Waals surface area contributed by atoms with Crippen LogP contribution in [0.1, 0.15) is 35.4 Å². The van der Waals surface area contributed by atoms with Crippen LogP contribution in [0.4, 0.5) is 0 Å². The maximum absolute atomic E-state index is 13.3. The van der Waals surface area contributed by atoms with Crippen LogP contribution >= 0.6 is 11.6 Å². The van der Waals surface area contributed by atoms with Crippen molar-refractivity contribution in [1.29, 1.82) is 0 Å². The highest BCUT2D eigenvalue weighted by atomic mass is 35.5. The van der Waals surface area contributed by atoms with Crippen LogP contribution in [0.5, 0.6) is 0 Å². The molecule has 1 N–H and O–H groups in total. The van der Waals surface area contributed by atoms with E-state index in [1.165, 1.54) is 0 Å². The van der Waals surface area contributed by atoms with Gasteiger partial charge in [-0.25, -0.2) is 0 Å². The molecule has 0 aliphatic carbocycles. The number of amides is 2. The third-order valence-corrected chi connectivity index (χ3v) is 6.24. The molecule has 2 amide bonds. The highest BCUT2D eigenvalue weighted by molar-refractivity contribution is 6.30. The number of hydrogen-bond donors (Lipinski definition) is 1. The number of likely N-dealkylation sites (tertiary alicyclic amines) is 1. The second-order valence-corrected chi connectivity index (χ2v) is 8.66. The molecule has 0 saturated carbocycles. The lowest BCUT2D eigenvalue weighted by atomic mass is 9.90. The van der Waals surface area contributed by atoms with Crippen LogP contribution in [0, 0.1) is 0 Å². The van der Waals surface area contributed by atoms with Gasteiger partial charge in [0.25, 0.3) is 0 Å². The normalized spacial score (nSPS) is 14.4. The number of piperidine rings is 1. The van der Waals surface area contributed by atoms with Crippen LogP contribution in [0.2, 0.25) is 5.02 Å². The zero-order valence-electron chi connectivity index (χ0n) is 17.9. The first-order valence-corrected chi connectivity index (χ1v) is 11.4. The van der Waals surface area contributed by atoms with E-state index in [1.54, 1.807) is 0 Å². The molecule has 4 nitrogen and oxygen atoms in total. The highest BCUT2D eigenvalue weighted by Crippen LogP contribution is 2.25. The van der Waals surface area contributed by atoms with Crippen LogP contribution in [-0.2, 0) is 16.0 Å². The molecule has 1 heterocycles. The van der Waals surface area contributed by atoms with Gasteiger partial charge < -0.3 is 10.2 Å². The van der Waals surface area contributed by atoms with Crippen molar-refractivity contribution >= 4 is 23.4 Å². The Hall–Kier alpha value is -3.11. The van der Waals surface area contributed by atoms with Crippen LogP contribution < -0.4 is 5.32 Å². The molecule has 164 valence electrons.